The van der Waals surface area contributed by atoms with Gasteiger partial charge in [0, 0.05) is 0 Å². The molecule has 1 radical (unpaired) electrons. The standard InChI is InChI=1S/C14H13/c1-5-11-9-13(7-3)14(8-4)10-12(11)6-2/h5-9H,1-4H2. The number of hydrogen-bond donors (Lipinski definition) is 0. The zero-order valence-corrected chi connectivity index (χ0v) is 8.22. The predicted octanol–water partition coefficient (Wildman–Crippen LogP) is 4.06. The lowest BCUT2D eigenvalue weighted by molar-refractivity contribution is 1.54. The van der Waals surface area contributed by atoms with Gasteiger partial charge in [-0.25, -0.2) is 0 Å². The molecule has 0 saturated carbocycles. The fourth-order valence-corrected chi connectivity index (χ4v) is 1.29. The molecule has 0 fully saturated rings. The van der Waals surface area contributed by atoms with Crippen LogP contribution in [0.15, 0.2) is 32.4 Å². The van der Waals surface area contributed by atoms with Crippen LogP contribution in [0.4, 0.5) is 0 Å². The molecule has 0 aliphatic rings. The van der Waals surface area contributed by atoms with Crippen LogP contribution >= 0.6 is 0 Å². The zero-order valence-electron chi connectivity index (χ0n) is 8.22. The first-order valence-corrected chi connectivity index (χ1v) is 4.37. The molecule has 0 nitrogen and oxygen atoms in total. The zero-order chi connectivity index (χ0) is 10.6. The van der Waals surface area contributed by atoms with Crippen molar-refractivity contribution in [2.75, 3.05) is 0 Å². The lowest BCUT2D eigenvalue weighted by atomic mass is 9.98. The quantitative estimate of drug-likeness (QED) is 0.657. The summed E-state index contributed by atoms with van der Waals surface area (Å²) in [6, 6.07) is 5.21. The van der Waals surface area contributed by atoms with Gasteiger partial charge in [-0.2, -0.15) is 0 Å². The molecule has 0 aliphatic heterocycles. The first-order chi connectivity index (χ1) is 6.76. The van der Waals surface area contributed by atoms with Crippen LogP contribution in [-0.2, 0) is 0 Å². The van der Waals surface area contributed by atoms with Crippen LogP contribution in [0, 0.1) is 6.07 Å². The molecule has 14 heavy (non-hydrogen) atoms. The molecule has 0 bridgehead atoms. The summed E-state index contributed by atoms with van der Waals surface area (Å²) >= 11 is 0. The maximum Gasteiger partial charge on any atom is -0.00148 e. The highest BCUT2D eigenvalue weighted by molar-refractivity contribution is 5.73. The average molecular weight is 181 g/mol. The Bertz CT molecular complexity index is 320. The Balaban J connectivity index is 3.49. The summed E-state index contributed by atoms with van der Waals surface area (Å²) in [6.07, 6.45) is 7.09. The van der Waals surface area contributed by atoms with Gasteiger partial charge in [-0.1, -0.05) is 50.6 Å². The first kappa shape index (κ1) is 10.3. The molecule has 0 heterocycles. The van der Waals surface area contributed by atoms with Crippen molar-refractivity contribution in [3.8, 4) is 0 Å². The Hall–Kier alpha value is -1.82. The van der Waals surface area contributed by atoms with E-state index in [0.29, 0.717) is 0 Å². The molecule has 0 aliphatic carbocycles. The summed E-state index contributed by atoms with van der Waals surface area (Å²) < 4.78 is 0. The molecule has 1 aromatic carbocycles. The lowest BCUT2D eigenvalue weighted by Gasteiger charge is -2.06. The molecule has 1 aromatic rings. The molecule has 0 spiro atoms. The monoisotopic (exact) mass is 181 g/mol. The minimum absolute atomic E-state index is 0.945. The van der Waals surface area contributed by atoms with Crippen molar-refractivity contribution in [2.24, 2.45) is 0 Å². The number of rotatable bonds is 4. The summed E-state index contributed by atoms with van der Waals surface area (Å²) in [5, 5.41) is 0. The second-order valence-electron chi connectivity index (χ2n) is 2.82. The van der Waals surface area contributed by atoms with Crippen LogP contribution in [0.1, 0.15) is 22.3 Å². The van der Waals surface area contributed by atoms with Gasteiger partial charge >= 0.3 is 0 Å². The SMILES string of the molecule is C=Cc1[c]c(C=C)c(C=C)cc1C=C. The average Bonchev–Trinajstić information content (AvgIpc) is 2.26. The van der Waals surface area contributed by atoms with E-state index in [4.69, 9.17) is 0 Å². The van der Waals surface area contributed by atoms with Gasteiger partial charge in [0.1, 0.15) is 0 Å². The third-order valence-electron chi connectivity index (χ3n) is 2.05. The molecule has 1 rings (SSSR count). The largest absolute Gasteiger partial charge is 0.0984 e. The van der Waals surface area contributed by atoms with Crippen LogP contribution in [0.25, 0.3) is 24.3 Å². The second-order valence-corrected chi connectivity index (χ2v) is 2.82. The topological polar surface area (TPSA) is 0 Å². The van der Waals surface area contributed by atoms with E-state index >= 15 is 0 Å². The minimum atomic E-state index is 0.945. The summed E-state index contributed by atoms with van der Waals surface area (Å²) in [6.45, 7) is 14.9. The van der Waals surface area contributed by atoms with Crippen molar-refractivity contribution < 1.29 is 0 Å². The lowest BCUT2D eigenvalue weighted by Crippen LogP contribution is -1.88. The summed E-state index contributed by atoms with van der Waals surface area (Å²) in [5.74, 6) is 0. The maximum atomic E-state index is 3.74. The van der Waals surface area contributed by atoms with Crippen LogP contribution in [-0.4, -0.2) is 0 Å². The molecule has 0 amide bonds. The van der Waals surface area contributed by atoms with Gasteiger partial charge in [-0.05, 0) is 34.4 Å². The van der Waals surface area contributed by atoms with Crippen LogP contribution in [0.2, 0.25) is 0 Å². The molecule has 0 unspecified atom stereocenters. The third-order valence-corrected chi connectivity index (χ3v) is 2.05. The molecule has 0 aromatic heterocycles. The van der Waals surface area contributed by atoms with Crippen LogP contribution in [0.3, 0.4) is 0 Å². The van der Waals surface area contributed by atoms with E-state index in [-0.39, 0.29) is 0 Å². The van der Waals surface area contributed by atoms with Crippen molar-refractivity contribution in [3.05, 3.63) is 60.7 Å². The summed E-state index contributed by atoms with van der Waals surface area (Å²) in [7, 11) is 0. The van der Waals surface area contributed by atoms with Crippen LogP contribution in [0.5, 0.6) is 0 Å². The van der Waals surface area contributed by atoms with E-state index in [1.54, 1.807) is 24.3 Å². The Morgan fingerprint density at radius 1 is 0.786 bits per heavy atom. The fraction of sp³-hybridized carbons (Fsp3) is 0. The Labute approximate surface area is 85.6 Å². The molecule has 0 heteroatoms. The van der Waals surface area contributed by atoms with E-state index in [9.17, 15) is 0 Å². The highest BCUT2D eigenvalue weighted by Crippen LogP contribution is 2.20. The minimum Gasteiger partial charge on any atom is -0.0984 e. The van der Waals surface area contributed by atoms with Gasteiger partial charge in [-0.15, -0.1) is 0 Å². The van der Waals surface area contributed by atoms with Crippen molar-refractivity contribution >= 4 is 24.3 Å². The summed E-state index contributed by atoms with van der Waals surface area (Å²) in [4.78, 5) is 0. The molecule has 0 N–H and O–H groups in total. The predicted molar refractivity (Wildman–Crippen MR) is 65.6 cm³/mol. The van der Waals surface area contributed by atoms with Crippen molar-refractivity contribution in [1.29, 1.82) is 0 Å². The fourth-order valence-electron chi connectivity index (χ4n) is 1.29. The van der Waals surface area contributed by atoms with E-state index in [0.717, 1.165) is 22.3 Å². The highest BCUT2D eigenvalue weighted by atomic mass is 14.1. The highest BCUT2D eigenvalue weighted by Gasteiger charge is 2.01. The van der Waals surface area contributed by atoms with Gasteiger partial charge in [0.25, 0.3) is 0 Å². The Morgan fingerprint density at radius 2 is 1.21 bits per heavy atom. The number of benzene rings is 1. The summed E-state index contributed by atoms with van der Waals surface area (Å²) in [5.41, 5.74) is 3.92. The van der Waals surface area contributed by atoms with Gasteiger partial charge in [0.05, 0.1) is 0 Å². The molecular formula is C14H13. The van der Waals surface area contributed by atoms with Gasteiger partial charge in [0.15, 0.2) is 0 Å². The van der Waals surface area contributed by atoms with Gasteiger partial charge < -0.3 is 0 Å². The molecule has 69 valence electrons. The Kier molecular flexibility index (Phi) is 3.24. The van der Waals surface area contributed by atoms with Gasteiger partial charge in [0.2, 0.25) is 0 Å². The van der Waals surface area contributed by atoms with Crippen molar-refractivity contribution in [3.63, 3.8) is 0 Å². The molecule has 0 saturated heterocycles. The van der Waals surface area contributed by atoms with E-state index < -0.39 is 0 Å². The first-order valence-electron chi connectivity index (χ1n) is 4.37. The number of hydrogen-bond acceptors (Lipinski definition) is 0. The van der Waals surface area contributed by atoms with E-state index in [2.05, 4.69) is 32.4 Å². The Morgan fingerprint density at radius 3 is 1.50 bits per heavy atom. The molecular weight excluding hydrogens is 168 g/mol. The van der Waals surface area contributed by atoms with Crippen LogP contribution < -0.4 is 0 Å². The van der Waals surface area contributed by atoms with E-state index in [1.165, 1.54) is 0 Å². The molecule has 0 atom stereocenters. The normalized spacial score (nSPS) is 9.14. The van der Waals surface area contributed by atoms with E-state index in [1.807, 2.05) is 6.07 Å². The van der Waals surface area contributed by atoms with Crippen molar-refractivity contribution in [1.82, 2.24) is 0 Å². The van der Waals surface area contributed by atoms with Gasteiger partial charge in [-0.3, -0.25) is 0 Å². The maximum absolute atomic E-state index is 3.74. The third kappa shape index (κ3) is 1.74. The van der Waals surface area contributed by atoms with Crippen molar-refractivity contribution in [2.45, 2.75) is 0 Å². The second kappa shape index (κ2) is 4.43. The smallest absolute Gasteiger partial charge is 0.00148 e.